The summed E-state index contributed by atoms with van der Waals surface area (Å²) in [6.07, 6.45) is -0.362. The van der Waals surface area contributed by atoms with Gasteiger partial charge in [0.15, 0.2) is 0 Å². The van der Waals surface area contributed by atoms with E-state index in [1.165, 1.54) is 0 Å². The molecule has 1 amide bonds. The maximum absolute atomic E-state index is 12.0. The lowest BCUT2D eigenvalue weighted by Crippen LogP contribution is -2.44. The molecule has 1 rings (SSSR count). The summed E-state index contributed by atoms with van der Waals surface area (Å²) >= 11 is 0. The average Bonchev–Trinajstić information content (AvgIpc) is 2.29. The highest BCUT2D eigenvalue weighted by molar-refractivity contribution is 5.71. The van der Waals surface area contributed by atoms with Crippen molar-refractivity contribution in [3.63, 3.8) is 0 Å². The first-order valence-electron chi connectivity index (χ1n) is 6.09. The lowest BCUT2D eigenvalue weighted by atomic mass is 9.92. The van der Waals surface area contributed by atoms with E-state index >= 15 is 0 Å². The van der Waals surface area contributed by atoms with Crippen LogP contribution in [0.3, 0.4) is 0 Å². The summed E-state index contributed by atoms with van der Waals surface area (Å²) < 4.78 is 5.10. The van der Waals surface area contributed by atoms with E-state index in [2.05, 4.69) is 6.58 Å². The molecule has 3 nitrogen and oxygen atoms in total. The average molecular weight is 247 g/mol. The molecule has 18 heavy (non-hydrogen) atoms. The van der Waals surface area contributed by atoms with Crippen molar-refractivity contribution in [2.45, 2.75) is 33.2 Å². The minimum Gasteiger partial charge on any atom is -0.449 e. The van der Waals surface area contributed by atoms with Crippen LogP contribution in [-0.4, -0.2) is 17.6 Å². The maximum Gasteiger partial charge on any atom is 0.414 e. The molecule has 1 aromatic carbocycles. The third kappa shape index (κ3) is 2.92. The monoisotopic (exact) mass is 247 g/mol. The second kappa shape index (κ2) is 5.71. The fourth-order valence-electron chi connectivity index (χ4n) is 2.02. The molecule has 0 unspecified atom stereocenters. The normalized spacial score (nSPS) is 10.9. The standard InChI is InChI=1S/C15H21NO2/c1-6-18-14(17)16(12(2)3)15(4,5)13-10-8-7-9-11-13/h7-11H,2,6H2,1,3-5H3. The minimum atomic E-state index is -0.487. The maximum atomic E-state index is 12.0. The Morgan fingerprint density at radius 3 is 2.33 bits per heavy atom. The van der Waals surface area contributed by atoms with E-state index < -0.39 is 5.54 Å². The van der Waals surface area contributed by atoms with Gasteiger partial charge in [0.05, 0.1) is 12.1 Å². The fraction of sp³-hybridized carbons (Fsp3) is 0.400. The number of allylic oxidation sites excluding steroid dienone is 1. The number of carbonyl (C=O) groups excluding carboxylic acids is 1. The highest BCUT2D eigenvalue weighted by atomic mass is 16.6. The topological polar surface area (TPSA) is 29.5 Å². The number of benzene rings is 1. The van der Waals surface area contributed by atoms with Gasteiger partial charge in [0.25, 0.3) is 0 Å². The number of nitrogens with zero attached hydrogens (tertiary/aromatic N) is 1. The predicted molar refractivity (Wildman–Crippen MR) is 73.1 cm³/mol. The number of hydrogen-bond acceptors (Lipinski definition) is 2. The van der Waals surface area contributed by atoms with Crippen molar-refractivity contribution in [2.24, 2.45) is 0 Å². The van der Waals surface area contributed by atoms with E-state index in [4.69, 9.17) is 4.74 Å². The van der Waals surface area contributed by atoms with Crippen LogP contribution >= 0.6 is 0 Å². The first-order chi connectivity index (χ1) is 8.41. The van der Waals surface area contributed by atoms with Gasteiger partial charge >= 0.3 is 6.09 Å². The molecule has 1 aromatic rings. The Morgan fingerprint density at radius 1 is 1.33 bits per heavy atom. The molecule has 0 heterocycles. The smallest absolute Gasteiger partial charge is 0.414 e. The van der Waals surface area contributed by atoms with Gasteiger partial charge in [0, 0.05) is 5.70 Å². The van der Waals surface area contributed by atoms with Gasteiger partial charge in [-0.05, 0) is 33.3 Å². The van der Waals surface area contributed by atoms with Crippen LogP contribution in [0.2, 0.25) is 0 Å². The van der Waals surface area contributed by atoms with Gasteiger partial charge in [-0.2, -0.15) is 0 Å². The highest BCUT2D eigenvalue weighted by Gasteiger charge is 2.34. The SMILES string of the molecule is C=C(C)N(C(=O)OCC)C(C)(C)c1ccccc1. The van der Waals surface area contributed by atoms with Crippen molar-refractivity contribution in [2.75, 3.05) is 6.61 Å². The zero-order chi connectivity index (χ0) is 13.8. The lowest BCUT2D eigenvalue weighted by Gasteiger charge is -2.38. The van der Waals surface area contributed by atoms with Crippen LogP contribution in [0.15, 0.2) is 42.6 Å². The van der Waals surface area contributed by atoms with Crippen molar-refractivity contribution in [1.29, 1.82) is 0 Å². The number of carbonyl (C=O) groups is 1. The Morgan fingerprint density at radius 2 is 1.89 bits per heavy atom. The molecule has 0 fully saturated rings. The second-order valence-electron chi connectivity index (χ2n) is 4.69. The summed E-state index contributed by atoms with van der Waals surface area (Å²) in [6.45, 7) is 11.8. The van der Waals surface area contributed by atoms with Crippen molar-refractivity contribution >= 4 is 6.09 Å². The van der Waals surface area contributed by atoms with Crippen molar-refractivity contribution in [3.8, 4) is 0 Å². The van der Waals surface area contributed by atoms with E-state index in [0.29, 0.717) is 12.3 Å². The largest absolute Gasteiger partial charge is 0.449 e. The minimum absolute atomic E-state index is 0.355. The molecule has 0 aromatic heterocycles. The number of ether oxygens (including phenoxy) is 1. The second-order valence-corrected chi connectivity index (χ2v) is 4.69. The van der Waals surface area contributed by atoms with Gasteiger partial charge in [-0.25, -0.2) is 4.79 Å². The van der Waals surface area contributed by atoms with E-state index in [1.54, 1.807) is 11.8 Å². The van der Waals surface area contributed by atoms with E-state index in [0.717, 1.165) is 5.56 Å². The fourth-order valence-corrected chi connectivity index (χ4v) is 2.02. The molecule has 0 aliphatic rings. The highest BCUT2D eigenvalue weighted by Crippen LogP contribution is 2.31. The molecule has 0 bridgehead atoms. The Balaban J connectivity index is 3.12. The van der Waals surface area contributed by atoms with Gasteiger partial charge in [0.1, 0.15) is 0 Å². The molecule has 3 heteroatoms. The molecule has 0 atom stereocenters. The van der Waals surface area contributed by atoms with E-state index in [9.17, 15) is 4.79 Å². The Bertz CT molecular complexity index is 423. The molecule has 0 aliphatic heterocycles. The van der Waals surface area contributed by atoms with Crippen LogP contribution < -0.4 is 0 Å². The summed E-state index contributed by atoms with van der Waals surface area (Å²) in [4.78, 5) is 13.6. The first kappa shape index (κ1) is 14.3. The van der Waals surface area contributed by atoms with Gasteiger partial charge in [0.2, 0.25) is 0 Å². The number of rotatable bonds is 4. The third-order valence-corrected chi connectivity index (χ3v) is 2.87. The summed E-state index contributed by atoms with van der Waals surface area (Å²) in [5, 5.41) is 0. The summed E-state index contributed by atoms with van der Waals surface area (Å²) in [7, 11) is 0. The third-order valence-electron chi connectivity index (χ3n) is 2.87. The van der Waals surface area contributed by atoms with Gasteiger partial charge in [-0.15, -0.1) is 0 Å². The van der Waals surface area contributed by atoms with Crippen LogP contribution in [0.4, 0.5) is 4.79 Å². The Hall–Kier alpha value is -1.77. The molecule has 0 radical (unpaired) electrons. The van der Waals surface area contributed by atoms with Crippen LogP contribution in [0, 0.1) is 0 Å². The van der Waals surface area contributed by atoms with Crippen LogP contribution in [-0.2, 0) is 10.3 Å². The zero-order valence-corrected chi connectivity index (χ0v) is 11.6. The summed E-state index contributed by atoms with van der Waals surface area (Å²) in [5.74, 6) is 0. The van der Waals surface area contributed by atoms with Crippen LogP contribution in [0.1, 0.15) is 33.3 Å². The number of hydrogen-bond donors (Lipinski definition) is 0. The molecule has 0 N–H and O–H groups in total. The number of amides is 1. The summed E-state index contributed by atoms with van der Waals surface area (Å²) in [6, 6.07) is 9.86. The van der Waals surface area contributed by atoms with Crippen molar-refractivity contribution < 1.29 is 9.53 Å². The molecule has 0 aliphatic carbocycles. The van der Waals surface area contributed by atoms with Crippen molar-refractivity contribution in [3.05, 3.63) is 48.2 Å². The van der Waals surface area contributed by atoms with Gasteiger partial charge in [-0.1, -0.05) is 36.9 Å². The molecule has 0 saturated heterocycles. The lowest BCUT2D eigenvalue weighted by molar-refractivity contribution is 0.0831. The van der Waals surface area contributed by atoms with Crippen LogP contribution in [0.25, 0.3) is 0 Å². The predicted octanol–water partition coefficient (Wildman–Crippen LogP) is 3.91. The van der Waals surface area contributed by atoms with E-state index in [1.807, 2.05) is 51.1 Å². The Labute approximate surface area is 109 Å². The molecular formula is C15H21NO2. The quantitative estimate of drug-likeness (QED) is 0.807. The Kier molecular flexibility index (Phi) is 4.54. The van der Waals surface area contributed by atoms with Gasteiger partial charge in [-0.3, -0.25) is 4.90 Å². The van der Waals surface area contributed by atoms with Gasteiger partial charge < -0.3 is 4.74 Å². The van der Waals surface area contributed by atoms with Crippen molar-refractivity contribution in [1.82, 2.24) is 4.90 Å². The zero-order valence-electron chi connectivity index (χ0n) is 11.6. The van der Waals surface area contributed by atoms with Crippen LogP contribution in [0.5, 0.6) is 0 Å². The van der Waals surface area contributed by atoms with E-state index in [-0.39, 0.29) is 6.09 Å². The molecule has 0 spiro atoms. The first-order valence-corrected chi connectivity index (χ1v) is 6.09. The molecular weight excluding hydrogens is 226 g/mol. The summed E-state index contributed by atoms with van der Waals surface area (Å²) in [5.41, 5.74) is 1.22. The molecule has 98 valence electrons. The molecule has 0 saturated carbocycles.